The smallest absolute Gasteiger partial charge is 0.282 e. The highest BCUT2D eigenvalue weighted by Crippen LogP contribution is 2.15. The van der Waals surface area contributed by atoms with E-state index in [2.05, 4.69) is 6.58 Å². The maximum atomic E-state index is 10.7. The van der Waals surface area contributed by atoms with E-state index in [0.717, 1.165) is 0 Å². The van der Waals surface area contributed by atoms with Crippen LogP contribution in [-0.2, 0) is 10.1 Å². The lowest BCUT2D eigenvalue weighted by Crippen LogP contribution is -1.99. The summed E-state index contributed by atoms with van der Waals surface area (Å²) in [5.74, 6) is 0. The number of benzene rings is 1. The second-order valence-corrected chi connectivity index (χ2v) is 3.61. The Labute approximate surface area is 83.3 Å². The van der Waals surface area contributed by atoms with Crippen molar-refractivity contribution < 1.29 is 13.0 Å². The van der Waals surface area contributed by atoms with E-state index in [0.29, 0.717) is 5.56 Å². The Morgan fingerprint density at radius 2 is 1.85 bits per heavy atom. The van der Waals surface area contributed by atoms with Gasteiger partial charge in [0, 0.05) is 0 Å². The molecule has 13 heavy (non-hydrogen) atoms. The van der Waals surface area contributed by atoms with Gasteiger partial charge in [-0.3, -0.25) is 4.55 Å². The average molecular weight is 221 g/mol. The van der Waals surface area contributed by atoms with E-state index in [9.17, 15) is 8.42 Å². The zero-order valence-corrected chi connectivity index (χ0v) is 8.31. The summed E-state index contributed by atoms with van der Waals surface area (Å²) in [6.07, 6.45) is 1.38. The van der Waals surface area contributed by atoms with Crippen molar-refractivity contribution in [3.05, 3.63) is 36.4 Å². The van der Waals surface area contributed by atoms with E-state index in [4.69, 9.17) is 4.55 Å². The van der Waals surface area contributed by atoms with E-state index in [1.54, 1.807) is 12.1 Å². The van der Waals surface area contributed by atoms with Crippen LogP contribution in [-0.4, -0.2) is 13.0 Å². The topological polar surface area (TPSA) is 54.4 Å². The Bertz CT molecular complexity index is 398. The largest absolute Gasteiger partial charge is 0.295 e. The fraction of sp³-hybridized carbons (Fsp3) is 0. The predicted octanol–water partition coefficient (Wildman–Crippen LogP) is 2.00. The minimum Gasteiger partial charge on any atom is -0.282 e. The molecule has 0 aliphatic rings. The minimum absolute atomic E-state index is 0. The Morgan fingerprint density at radius 3 is 2.23 bits per heavy atom. The predicted molar refractivity (Wildman–Crippen MR) is 53.6 cm³/mol. The van der Waals surface area contributed by atoms with E-state index in [-0.39, 0.29) is 17.3 Å². The summed E-state index contributed by atoms with van der Waals surface area (Å²) in [6, 6.07) is 6.10. The van der Waals surface area contributed by atoms with Crippen LogP contribution in [0, 0.1) is 0 Å². The molecule has 0 aromatic heterocycles. The Morgan fingerprint density at radius 1 is 1.31 bits per heavy atom. The third-order valence-corrected chi connectivity index (χ3v) is 2.34. The van der Waals surface area contributed by atoms with Crippen molar-refractivity contribution in [3.63, 3.8) is 0 Å². The highest BCUT2D eigenvalue weighted by molar-refractivity contribution is 7.85. The summed E-state index contributed by atoms with van der Waals surface area (Å²) in [6.45, 7) is 3.43. The minimum atomic E-state index is -4.12. The molecule has 0 atom stereocenters. The van der Waals surface area contributed by atoms with Crippen LogP contribution in [0.1, 0.15) is 5.56 Å². The van der Waals surface area contributed by atoms with E-state index in [1.807, 2.05) is 0 Å². The molecule has 0 heterocycles. The summed E-state index contributed by atoms with van der Waals surface area (Å²) in [7, 11) is -4.12. The normalized spacial score (nSPS) is 10.2. The molecule has 1 N–H and O–H groups in total. The Hall–Kier alpha value is -0.840. The summed E-state index contributed by atoms with van der Waals surface area (Å²) in [5, 5.41) is 0. The zero-order chi connectivity index (χ0) is 9.19. The summed E-state index contributed by atoms with van der Waals surface area (Å²) < 4.78 is 30.2. The third-order valence-electron chi connectivity index (χ3n) is 1.42. The fourth-order valence-corrected chi connectivity index (χ4v) is 1.58. The van der Waals surface area contributed by atoms with Gasteiger partial charge in [0.25, 0.3) is 10.1 Å². The molecule has 3 nitrogen and oxygen atoms in total. The van der Waals surface area contributed by atoms with Gasteiger partial charge in [0.05, 0.1) is 0 Å². The van der Waals surface area contributed by atoms with Crippen LogP contribution in [0.4, 0.5) is 0 Å². The van der Waals surface area contributed by atoms with Gasteiger partial charge in [-0.1, -0.05) is 30.9 Å². The number of hydrogen-bond acceptors (Lipinski definition) is 2. The molecular weight excluding hydrogens is 212 g/mol. The third kappa shape index (κ3) is 2.84. The van der Waals surface area contributed by atoms with Gasteiger partial charge >= 0.3 is 0 Å². The van der Waals surface area contributed by atoms with Crippen LogP contribution in [0.2, 0.25) is 0 Å². The molecule has 1 rings (SSSR count). The van der Waals surface area contributed by atoms with Gasteiger partial charge in [0.2, 0.25) is 0 Å². The molecule has 0 bridgehead atoms. The van der Waals surface area contributed by atoms with Gasteiger partial charge in [0.1, 0.15) is 4.90 Å². The first-order valence-corrected chi connectivity index (χ1v) is 4.68. The van der Waals surface area contributed by atoms with E-state index >= 15 is 0 Å². The van der Waals surface area contributed by atoms with E-state index < -0.39 is 10.1 Å². The number of hydrogen-bond donors (Lipinski definition) is 1. The fourth-order valence-electron chi connectivity index (χ4n) is 0.884. The molecule has 0 aliphatic carbocycles. The van der Waals surface area contributed by atoms with Crippen LogP contribution in [0.25, 0.3) is 6.08 Å². The van der Waals surface area contributed by atoms with Crippen LogP contribution in [0.15, 0.2) is 35.7 Å². The number of halogens is 1. The summed E-state index contributed by atoms with van der Waals surface area (Å²) in [4.78, 5) is -0.111. The Balaban J connectivity index is 0.00000144. The highest BCUT2D eigenvalue weighted by atomic mass is 35.5. The van der Waals surface area contributed by atoms with Crippen molar-refractivity contribution in [2.75, 3.05) is 0 Å². The van der Waals surface area contributed by atoms with Crippen molar-refractivity contribution >= 4 is 28.6 Å². The molecule has 72 valence electrons. The second kappa shape index (κ2) is 4.41. The molecule has 0 saturated heterocycles. The molecule has 0 saturated carbocycles. The molecule has 0 amide bonds. The standard InChI is InChI=1S/C8H8O3S.ClH/c1-2-7-5-3-4-6-8(7)12(9,10)11;/h2-6H,1H2,(H,9,10,11);1H. The molecule has 1 aromatic rings. The second-order valence-electron chi connectivity index (χ2n) is 2.22. The molecule has 0 aliphatic heterocycles. The Kier molecular flexibility index (Phi) is 4.13. The van der Waals surface area contributed by atoms with Crippen LogP contribution >= 0.6 is 12.4 Å². The quantitative estimate of drug-likeness (QED) is 0.776. The number of rotatable bonds is 2. The lowest BCUT2D eigenvalue weighted by molar-refractivity contribution is 0.483. The van der Waals surface area contributed by atoms with Gasteiger partial charge in [0.15, 0.2) is 0 Å². The maximum Gasteiger partial charge on any atom is 0.295 e. The molecule has 0 radical (unpaired) electrons. The lowest BCUT2D eigenvalue weighted by atomic mass is 10.2. The first-order chi connectivity index (χ1) is 5.55. The van der Waals surface area contributed by atoms with Crippen molar-refractivity contribution in [2.45, 2.75) is 4.90 Å². The molecule has 5 heteroatoms. The zero-order valence-electron chi connectivity index (χ0n) is 6.67. The average Bonchev–Trinajstić information content (AvgIpc) is 2.03. The lowest BCUT2D eigenvalue weighted by Gasteiger charge is -2.00. The highest BCUT2D eigenvalue weighted by Gasteiger charge is 2.11. The van der Waals surface area contributed by atoms with Gasteiger partial charge in [-0.25, -0.2) is 0 Å². The molecule has 0 unspecified atom stereocenters. The first-order valence-electron chi connectivity index (χ1n) is 3.24. The SMILES string of the molecule is C=Cc1ccccc1S(=O)(=O)O.Cl. The summed E-state index contributed by atoms with van der Waals surface area (Å²) in [5.41, 5.74) is 0.403. The first kappa shape index (κ1) is 12.2. The van der Waals surface area contributed by atoms with Crippen molar-refractivity contribution in [2.24, 2.45) is 0 Å². The van der Waals surface area contributed by atoms with Gasteiger partial charge < -0.3 is 0 Å². The monoisotopic (exact) mass is 220 g/mol. The van der Waals surface area contributed by atoms with Crippen molar-refractivity contribution in [1.82, 2.24) is 0 Å². The molecular formula is C8H9ClO3S. The maximum absolute atomic E-state index is 10.7. The van der Waals surface area contributed by atoms with E-state index in [1.165, 1.54) is 18.2 Å². The van der Waals surface area contributed by atoms with Crippen LogP contribution in [0.3, 0.4) is 0 Å². The van der Waals surface area contributed by atoms with Gasteiger partial charge in [-0.15, -0.1) is 12.4 Å². The van der Waals surface area contributed by atoms with Gasteiger partial charge in [-0.05, 0) is 11.6 Å². The van der Waals surface area contributed by atoms with Crippen molar-refractivity contribution in [3.8, 4) is 0 Å². The van der Waals surface area contributed by atoms with Crippen molar-refractivity contribution in [1.29, 1.82) is 0 Å². The van der Waals surface area contributed by atoms with Gasteiger partial charge in [-0.2, -0.15) is 8.42 Å². The van der Waals surface area contributed by atoms with Crippen LogP contribution in [0.5, 0.6) is 0 Å². The molecule has 0 spiro atoms. The van der Waals surface area contributed by atoms with Crippen LogP contribution < -0.4 is 0 Å². The molecule has 0 fully saturated rings. The molecule has 1 aromatic carbocycles. The summed E-state index contributed by atoms with van der Waals surface area (Å²) >= 11 is 0.